The molecular formula is C34H45ClF3N7O9S2. The van der Waals surface area contributed by atoms with Gasteiger partial charge < -0.3 is 36.6 Å². The molecule has 0 radical (unpaired) electrons. The SMILES string of the molecule is CC(C)C(=O)Nc1ccc([N+](=O)[O-])c(C(F)(F)F)c1.CC[C@@H](CO)NCCN[C@@H](CC)CO.CN1C(C(=O)Nc2ccccn2)=C(O)c2sc(Cl)cc2S1(=O)=O. The number of rotatable bonds is 14. The molecule has 0 unspecified atom stereocenters. The molecule has 56 heavy (non-hydrogen) atoms. The number of fused-ring (bicyclic) bond motifs is 1. The predicted molar refractivity (Wildman–Crippen MR) is 207 cm³/mol. The van der Waals surface area contributed by atoms with E-state index in [1.54, 1.807) is 32.0 Å². The Labute approximate surface area is 331 Å². The van der Waals surface area contributed by atoms with Gasteiger partial charge in [-0.25, -0.2) is 13.4 Å². The van der Waals surface area contributed by atoms with Gasteiger partial charge in [-0.2, -0.15) is 13.2 Å². The molecule has 1 aromatic carbocycles. The Balaban J connectivity index is 0.000000300. The van der Waals surface area contributed by atoms with E-state index in [0.29, 0.717) is 6.07 Å². The molecule has 7 N–H and O–H groups in total. The van der Waals surface area contributed by atoms with Gasteiger partial charge in [-0.15, -0.1) is 11.3 Å². The number of nitro groups is 1. The van der Waals surface area contributed by atoms with Gasteiger partial charge >= 0.3 is 6.18 Å². The molecule has 3 heterocycles. The summed E-state index contributed by atoms with van der Waals surface area (Å²) in [5, 5.41) is 49.8. The van der Waals surface area contributed by atoms with E-state index in [9.17, 15) is 46.4 Å². The smallest absolute Gasteiger partial charge is 0.423 e. The zero-order valence-electron chi connectivity index (χ0n) is 31.1. The van der Waals surface area contributed by atoms with E-state index in [0.717, 1.165) is 53.7 Å². The number of pyridine rings is 1. The van der Waals surface area contributed by atoms with Crippen molar-refractivity contribution in [1.29, 1.82) is 0 Å². The fraction of sp³-hybridized carbons (Fsp3) is 0.441. The Hall–Kier alpha value is -4.38. The van der Waals surface area contributed by atoms with Crippen LogP contribution in [0.4, 0.5) is 30.4 Å². The number of sulfonamides is 1. The number of likely N-dealkylation sites (N-methyl/N-ethyl adjacent to an activating group) is 1. The molecule has 1 aliphatic rings. The number of alkyl halides is 3. The lowest BCUT2D eigenvalue weighted by molar-refractivity contribution is -0.388. The standard InChI is InChI=1S/C13H10ClN3O4S2.C11H11F3N2O3.C10H24N2O2/c1-17-10(13(19)16-9-4-2-3-5-15-9)11(18)12-7(23(17,20)21)6-8(14)22-12;1-6(2)10(17)15-7-3-4-9(16(18)19)8(5-7)11(12,13)14;1-3-9(7-13)11-5-6-12-10(4-2)8-14/h2-6,18H,1H3,(H,15,16,19);3-6H,1-2H3,(H,15,17);9-14H,3-8H2,1-2H3/t;;9-,10-/m..0/s1. The molecule has 0 spiro atoms. The zero-order chi connectivity index (χ0) is 42.4. The van der Waals surface area contributed by atoms with Gasteiger partial charge in [-0.3, -0.25) is 24.0 Å². The Morgan fingerprint density at radius 2 is 1.61 bits per heavy atom. The van der Waals surface area contributed by atoms with E-state index in [1.807, 2.05) is 13.8 Å². The van der Waals surface area contributed by atoms with Gasteiger partial charge in [0.2, 0.25) is 5.91 Å². The van der Waals surface area contributed by atoms with E-state index in [1.165, 1.54) is 19.3 Å². The summed E-state index contributed by atoms with van der Waals surface area (Å²) >= 11 is 6.73. The number of aromatic nitrogens is 1. The summed E-state index contributed by atoms with van der Waals surface area (Å²) in [6, 6.07) is 8.86. The molecule has 0 saturated carbocycles. The summed E-state index contributed by atoms with van der Waals surface area (Å²) in [7, 11) is -2.77. The van der Waals surface area contributed by atoms with Gasteiger partial charge in [0.25, 0.3) is 21.6 Å². The van der Waals surface area contributed by atoms with Crippen LogP contribution in [-0.4, -0.2) is 95.2 Å². The Morgan fingerprint density at radius 1 is 1.02 bits per heavy atom. The highest BCUT2D eigenvalue weighted by molar-refractivity contribution is 7.89. The number of nitrogens with zero attached hydrogens (tertiary/aromatic N) is 3. The Bertz CT molecular complexity index is 1910. The van der Waals surface area contributed by atoms with Gasteiger partial charge in [0.1, 0.15) is 16.3 Å². The van der Waals surface area contributed by atoms with Crippen LogP contribution in [0.15, 0.2) is 59.3 Å². The topological polar surface area (TPSA) is 236 Å². The first kappa shape index (κ1) is 47.8. The minimum Gasteiger partial charge on any atom is -0.504 e. The third kappa shape index (κ3) is 13.4. The van der Waals surface area contributed by atoms with Crippen LogP contribution >= 0.6 is 22.9 Å². The zero-order valence-corrected chi connectivity index (χ0v) is 33.4. The van der Waals surface area contributed by atoms with Crippen LogP contribution in [0.5, 0.6) is 0 Å². The van der Waals surface area contributed by atoms with E-state index >= 15 is 0 Å². The van der Waals surface area contributed by atoms with Gasteiger partial charge in [0.05, 0.1) is 27.4 Å². The summed E-state index contributed by atoms with van der Waals surface area (Å²) in [4.78, 5) is 37.0. The van der Waals surface area contributed by atoms with Gasteiger partial charge in [0, 0.05) is 56.1 Å². The van der Waals surface area contributed by atoms with Crippen molar-refractivity contribution in [2.24, 2.45) is 5.92 Å². The second-order valence-corrected chi connectivity index (χ2v) is 15.8. The highest BCUT2D eigenvalue weighted by Crippen LogP contribution is 2.42. The highest BCUT2D eigenvalue weighted by atomic mass is 35.5. The van der Waals surface area contributed by atoms with Crippen molar-refractivity contribution in [3.63, 3.8) is 0 Å². The van der Waals surface area contributed by atoms with Crippen LogP contribution in [0.1, 0.15) is 51.0 Å². The van der Waals surface area contributed by atoms with E-state index < -0.39 is 55.9 Å². The quantitative estimate of drug-likeness (QED) is 0.0629. The number of carbonyl (C=O) groups is 2. The van der Waals surface area contributed by atoms with Crippen LogP contribution in [0.2, 0.25) is 4.34 Å². The highest BCUT2D eigenvalue weighted by Gasteiger charge is 2.40. The van der Waals surface area contributed by atoms with Crippen LogP contribution in [-0.2, 0) is 25.8 Å². The van der Waals surface area contributed by atoms with Gasteiger partial charge in [-0.1, -0.05) is 45.4 Å². The van der Waals surface area contributed by atoms with Crippen LogP contribution in [0, 0.1) is 16.0 Å². The first-order valence-electron chi connectivity index (χ1n) is 17.0. The number of aliphatic hydroxyl groups is 3. The number of nitrogens with one attached hydrogen (secondary N) is 4. The number of anilines is 2. The average molecular weight is 852 g/mol. The number of nitro benzene ring substituents is 1. The first-order chi connectivity index (χ1) is 26.2. The summed E-state index contributed by atoms with van der Waals surface area (Å²) in [6.45, 7) is 9.27. The van der Waals surface area contributed by atoms with Crippen molar-refractivity contribution < 1.29 is 51.4 Å². The van der Waals surface area contributed by atoms with Crippen molar-refractivity contribution >= 4 is 67.7 Å². The Kier molecular flexibility index (Phi) is 18.6. The van der Waals surface area contributed by atoms with E-state index in [2.05, 4.69) is 26.3 Å². The summed E-state index contributed by atoms with van der Waals surface area (Å²) in [5.74, 6) is -1.88. The number of thiophene rings is 1. The normalized spacial score (nSPS) is 14.4. The van der Waals surface area contributed by atoms with E-state index in [4.69, 9.17) is 21.8 Å². The molecule has 0 saturated heterocycles. The predicted octanol–water partition coefficient (Wildman–Crippen LogP) is 5.21. The van der Waals surface area contributed by atoms with Crippen molar-refractivity contribution in [2.75, 3.05) is 44.0 Å². The second kappa shape index (κ2) is 21.8. The minimum absolute atomic E-state index is 0.0410. The molecule has 2 amide bonds. The van der Waals surface area contributed by atoms with Crippen LogP contribution < -0.4 is 21.3 Å². The monoisotopic (exact) mass is 851 g/mol. The lowest BCUT2D eigenvalue weighted by Gasteiger charge is -2.26. The maximum Gasteiger partial charge on any atom is 0.423 e. The second-order valence-electron chi connectivity index (χ2n) is 12.2. The lowest BCUT2D eigenvalue weighted by Crippen LogP contribution is -2.40. The summed E-state index contributed by atoms with van der Waals surface area (Å²) in [6.07, 6.45) is -1.51. The molecule has 22 heteroatoms. The molecule has 3 aromatic rings. The van der Waals surface area contributed by atoms with Crippen molar-refractivity contribution in [3.8, 4) is 0 Å². The number of aliphatic hydroxyl groups excluding tert-OH is 3. The average Bonchev–Trinajstić information content (AvgIpc) is 3.56. The van der Waals surface area contributed by atoms with Crippen LogP contribution in [0.25, 0.3) is 5.76 Å². The van der Waals surface area contributed by atoms with Crippen molar-refractivity contribution in [2.45, 2.75) is 63.7 Å². The molecule has 16 nitrogen and oxygen atoms in total. The molecule has 0 aliphatic carbocycles. The third-order valence-electron chi connectivity index (χ3n) is 7.89. The molecule has 0 fully saturated rings. The molecule has 1 aliphatic heterocycles. The minimum atomic E-state index is -4.86. The van der Waals surface area contributed by atoms with E-state index in [-0.39, 0.29) is 56.6 Å². The maximum absolute atomic E-state index is 12.7. The summed E-state index contributed by atoms with van der Waals surface area (Å²) in [5.41, 5.74) is -2.95. The molecule has 310 valence electrons. The number of benzene rings is 1. The third-order valence-corrected chi connectivity index (χ3v) is 11.1. The number of carbonyl (C=O) groups excluding carboxylic acids is 2. The largest absolute Gasteiger partial charge is 0.504 e. The number of hydrogen-bond acceptors (Lipinski definition) is 13. The summed E-state index contributed by atoms with van der Waals surface area (Å²) < 4.78 is 63.9. The number of halogens is 4. The lowest BCUT2D eigenvalue weighted by atomic mass is 10.1. The molecule has 2 atom stereocenters. The number of hydrogen-bond donors (Lipinski definition) is 7. The van der Waals surface area contributed by atoms with Crippen molar-refractivity contribution in [1.82, 2.24) is 19.9 Å². The molecule has 2 aromatic heterocycles. The van der Waals surface area contributed by atoms with Gasteiger partial charge in [0.15, 0.2) is 11.5 Å². The van der Waals surface area contributed by atoms with Crippen LogP contribution in [0.3, 0.4) is 0 Å². The maximum atomic E-state index is 12.7. The molecule has 0 bridgehead atoms. The van der Waals surface area contributed by atoms with Gasteiger partial charge in [-0.05, 0) is 43.2 Å². The molecule has 4 rings (SSSR count). The first-order valence-corrected chi connectivity index (χ1v) is 19.7. The number of amides is 2. The Morgan fingerprint density at radius 3 is 2.07 bits per heavy atom. The van der Waals surface area contributed by atoms with Crippen molar-refractivity contribution in [3.05, 3.63) is 79.2 Å². The fourth-order valence-corrected chi connectivity index (χ4v) is 7.55. The fourth-order valence-electron chi connectivity index (χ4n) is 4.60. The molecular weight excluding hydrogens is 807 g/mol.